The van der Waals surface area contributed by atoms with Gasteiger partial charge in [-0.2, -0.15) is 0 Å². The fourth-order valence-electron chi connectivity index (χ4n) is 2.06. The van der Waals surface area contributed by atoms with E-state index in [1.807, 2.05) is 13.8 Å². The Balaban J connectivity index is 3.11. The maximum atomic E-state index is 4.51. The van der Waals surface area contributed by atoms with Crippen LogP contribution in [-0.4, -0.2) is 9.97 Å². The second-order valence-corrected chi connectivity index (χ2v) is 5.48. The van der Waals surface area contributed by atoms with Crippen molar-refractivity contribution in [3.63, 3.8) is 0 Å². The molecule has 84 valence electrons. The zero-order chi connectivity index (χ0) is 12.0. The predicted octanol–water partition coefficient (Wildman–Crippen LogP) is 4.39. The molecule has 2 rings (SSSR count). The van der Waals surface area contributed by atoms with Gasteiger partial charge < -0.3 is 0 Å². The van der Waals surface area contributed by atoms with Crippen molar-refractivity contribution in [3.8, 4) is 0 Å². The van der Waals surface area contributed by atoms with Crippen LogP contribution in [0.1, 0.15) is 22.5 Å². The van der Waals surface area contributed by atoms with Crippen molar-refractivity contribution in [3.05, 3.63) is 31.7 Å². The van der Waals surface area contributed by atoms with Gasteiger partial charge in [0.2, 0.25) is 0 Å². The molecule has 0 saturated carbocycles. The first-order valence-electron chi connectivity index (χ1n) is 5.02. The van der Waals surface area contributed by atoms with Crippen molar-refractivity contribution in [2.75, 3.05) is 0 Å². The van der Waals surface area contributed by atoms with E-state index in [0.717, 1.165) is 31.7 Å². The molecule has 0 aliphatic rings. The standard InChI is InChI=1S/C12H12Br2N2/c1-5-9-7(3)16-12(14)6(2)10(9)8(4)15-11(5)13/h1-4H3. The fourth-order valence-corrected chi connectivity index (χ4v) is 2.99. The summed E-state index contributed by atoms with van der Waals surface area (Å²) in [6, 6.07) is 0. The summed E-state index contributed by atoms with van der Waals surface area (Å²) in [5, 5.41) is 2.42. The minimum Gasteiger partial charge on any atom is -0.245 e. The molecule has 0 fully saturated rings. The van der Waals surface area contributed by atoms with E-state index >= 15 is 0 Å². The lowest BCUT2D eigenvalue weighted by Crippen LogP contribution is -1.98. The average molecular weight is 344 g/mol. The van der Waals surface area contributed by atoms with E-state index in [1.54, 1.807) is 0 Å². The van der Waals surface area contributed by atoms with Crippen LogP contribution in [-0.2, 0) is 0 Å². The lowest BCUT2D eigenvalue weighted by atomic mass is 10.0. The Bertz CT molecular complexity index is 538. The molecular formula is C12H12Br2N2. The monoisotopic (exact) mass is 342 g/mol. The molecule has 0 unspecified atom stereocenters. The van der Waals surface area contributed by atoms with Crippen LogP contribution in [0.5, 0.6) is 0 Å². The van der Waals surface area contributed by atoms with Gasteiger partial charge >= 0.3 is 0 Å². The van der Waals surface area contributed by atoms with Crippen molar-refractivity contribution >= 4 is 42.6 Å². The second kappa shape index (κ2) is 4.08. The predicted molar refractivity (Wildman–Crippen MR) is 73.9 cm³/mol. The molecule has 0 saturated heterocycles. The van der Waals surface area contributed by atoms with Crippen molar-refractivity contribution in [1.29, 1.82) is 0 Å². The SMILES string of the molecule is Cc1nc(Br)c(C)c2c(C)nc(Br)c(C)c12. The van der Waals surface area contributed by atoms with Gasteiger partial charge in [-0.05, 0) is 70.7 Å². The van der Waals surface area contributed by atoms with Crippen molar-refractivity contribution in [1.82, 2.24) is 9.97 Å². The van der Waals surface area contributed by atoms with Crippen molar-refractivity contribution < 1.29 is 0 Å². The topological polar surface area (TPSA) is 25.8 Å². The van der Waals surface area contributed by atoms with Crippen LogP contribution in [0.4, 0.5) is 0 Å². The Labute approximate surface area is 112 Å². The first-order valence-corrected chi connectivity index (χ1v) is 6.61. The number of aromatic nitrogens is 2. The summed E-state index contributed by atoms with van der Waals surface area (Å²) in [5.41, 5.74) is 4.38. The highest BCUT2D eigenvalue weighted by atomic mass is 79.9. The molecule has 2 aromatic rings. The minimum atomic E-state index is 0.907. The molecule has 2 aromatic heterocycles. The Hall–Kier alpha value is -0.480. The molecule has 0 N–H and O–H groups in total. The van der Waals surface area contributed by atoms with Crippen LogP contribution in [0.3, 0.4) is 0 Å². The lowest BCUT2D eigenvalue weighted by Gasteiger charge is -2.13. The molecule has 0 aromatic carbocycles. The smallest absolute Gasteiger partial charge is 0.109 e. The van der Waals surface area contributed by atoms with Gasteiger partial charge in [0.25, 0.3) is 0 Å². The van der Waals surface area contributed by atoms with Gasteiger partial charge in [-0.25, -0.2) is 9.97 Å². The molecular weight excluding hydrogens is 332 g/mol. The third kappa shape index (κ3) is 1.68. The van der Waals surface area contributed by atoms with E-state index in [-0.39, 0.29) is 0 Å². The zero-order valence-electron chi connectivity index (χ0n) is 9.65. The minimum absolute atomic E-state index is 0.907. The molecule has 2 heterocycles. The summed E-state index contributed by atoms with van der Waals surface area (Å²) in [6.45, 7) is 8.21. The van der Waals surface area contributed by atoms with Gasteiger partial charge in [-0.3, -0.25) is 0 Å². The first kappa shape index (κ1) is 12.0. The molecule has 0 aliphatic carbocycles. The second-order valence-electron chi connectivity index (χ2n) is 3.98. The summed E-state index contributed by atoms with van der Waals surface area (Å²) in [7, 11) is 0. The third-order valence-electron chi connectivity index (χ3n) is 2.87. The number of aryl methyl sites for hydroxylation is 4. The van der Waals surface area contributed by atoms with E-state index < -0.39 is 0 Å². The van der Waals surface area contributed by atoms with E-state index in [0.29, 0.717) is 0 Å². The number of halogens is 2. The van der Waals surface area contributed by atoms with Crippen LogP contribution in [0, 0.1) is 27.7 Å². The van der Waals surface area contributed by atoms with Crippen LogP contribution in [0.25, 0.3) is 10.8 Å². The number of hydrogen-bond acceptors (Lipinski definition) is 2. The van der Waals surface area contributed by atoms with Gasteiger partial charge in [-0.15, -0.1) is 0 Å². The van der Waals surface area contributed by atoms with Crippen molar-refractivity contribution in [2.45, 2.75) is 27.7 Å². The van der Waals surface area contributed by atoms with Gasteiger partial charge in [0.15, 0.2) is 0 Å². The number of rotatable bonds is 0. The maximum Gasteiger partial charge on any atom is 0.109 e. The fraction of sp³-hybridized carbons (Fsp3) is 0.333. The summed E-state index contributed by atoms with van der Waals surface area (Å²) in [5.74, 6) is 0. The van der Waals surface area contributed by atoms with Gasteiger partial charge in [0.05, 0.1) is 0 Å². The average Bonchev–Trinajstić information content (AvgIpc) is 2.20. The quantitative estimate of drug-likeness (QED) is 0.663. The Kier molecular flexibility index (Phi) is 3.05. The summed E-state index contributed by atoms with van der Waals surface area (Å²) in [6.07, 6.45) is 0. The van der Waals surface area contributed by atoms with Crippen LogP contribution in [0.15, 0.2) is 9.21 Å². The highest BCUT2D eigenvalue weighted by molar-refractivity contribution is 9.10. The lowest BCUT2D eigenvalue weighted by molar-refractivity contribution is 1.11. The van der Waals surface area contributed by atoms with E-state index in [4.69, 9.17) is 0 Å². The number of pyridine rings is 2. The number of fused-ring (bicyclic) bond motifs is 1. The zero-order valence-corrected chi connectivity index (χ0v) is 12.8. The van der Waals surface area contributed by atoms with Crippen LogP contribution < -0.4 is 0 Å². The van der Waals surface area contributed by atoms with Gasteiger partial charge in [-0.1, -0.05) is 0 Å². The number of hydrogen-bond donors (Lipinski definition) is 0. The van der Waals surface area contributed by atoms with Gasteiger partial charge in [0.1, 0.15) is 9.21 Å². The maximum absolute atomic E-state index is 4.51. The summed E-state index contributed by atoms with van der Waals surface area (Å²) in [4.78, 5) is 9.02. The molecule has 2 nitrogen and oxygen atoms in total. The molecule has 0 atom stereocenters. The van der Waals surface area contributed by atoms with Crippen LogP contribution >= 0.6 is 31.9 Å². The van der Waals surface area contributed by atoms with E-state index in [2.05, 4.69) is 55.7 Å². The Morgan fingerprint density at radius 2 is 1.00 bits per heavy atom. The highest BCUT2D eigenvalue weighted by Gasteiger charge is 2.14. The van der Waals surface area contributed by atoms with E-state index in [9.17, 15) is 0 Å². The largest absolute Gasteiger partial charge is 0.245 e. The summed E-state index contributed by atoms with van der Waals surface area (Å²) < 4.78 is 1.81. The first-order chi connectivity index (χ1) is 7.43. The molecule has 0 aliphatic heterocycles. The molecule has 16 heavy (non-hydrogen) atoms. The van der Waals surface area contributed by atoms with Gasteiger partial charge in [0, 0.05) is 22.2 Å². The van der Waals surface area contributed by atoms with Crippen LogP contribution in [0.2, 0.25) is 0 Å². The molecule has 4 heteroatoms. The Morgan fingerprint density at radius 3 is 1.31 bits per heavy atom. The molecule has 0 spiro atoms. The summed E-state index contributed by atoms with van der Waals surface area (Å²) >= 11 is 6.99. The Morgan fingerprint density at radius 1 is 0.688 bits per heavy atom. The number of nitrogens with zero attached hydrogens (tertiary/aromatic N) is 2. The highest BCUT2D eigenvalue weighted by Crippen LogP contribution is 2.32. The molecule has 0 amide bonds. The normalized spacial score (nSPS) is 11.1. The van der Waals surface area contributed by atoms with E-state index in [1.165, 1.54) is 10.8 Å². The molecule has 0 bridgehead atoms. The van der Waals surface area contributed by atoms with Crippen molar-refractivity contribution in [2.24, 2.45) is 0 Å². The third-order valence-corrected chi connectivity index (χ3v) is 4.42. The molecule has 0 radical (unpaired) electrons.